The van der Waals surface area contributed by atoms with Gasteiger partial charge in [-0.05, 0) is 75.8 Å². The highest BCUT2D eigenvalue weighted by atomic mass is 16.3. The van der Waals surface area contributed by atoms with Crippen molar-refractivity contribution in [2.45, 2.75) is 211 Å². The molecule has 1 aromatic rings. The smallest absolute Gasteiger partial charge is 0.245 e. The number of benzene rings is 1. The van der Waals surface area contributed by atoms with Crippen molar-refractivity contribution in [3.8, 4) is 0 Å². The van der Waals surface area contributed by atoms with Gasteiger partial charge < -0.3 is 131 Å². The van der Waals surface area contributed by atoms with E-state index in [2.05, 4.69) is 79.4 Å². The normalized spacial score (nSPS) is 14.7. The SMILES string of the molecule is CC[C@H](C)[C@H](NC(=O)[C@H](CC(N)=O)NC(=O)[C@@H](NC(=O)CNC(=O)CNC(=O)[C@H](C)NC(=O)[C@H](C)NC(=O)[C@H](CCC(N)=O)NC(=O)[C@@H](N)CCCCN)C(C)C)C(=O)N[C@@H](CC(N)=O)C(=O)N[C@@H](CC(N)=O)C(=O)N[C@@H](CO)C(=O)N[C@H](C(=O)N[C@@H](Cc1ccccc1)C(=O)N[C@@H](CCCN=C(N)N)C(N)=O)C(C)C. The molecule has 44 nitrogen and oxygen atoms in total. The van der Waals surface area contributed by atoms with Crippen LogP contribution >= 0.6 is 0 Å². The molecule has 0 aromatic heterocycles. The molecule has 19 amide bonds. The average Bonchev–Trinajstić information content (AvgIpc) is 0.861. The highest BCUT2D eigenvalue weighted by Crippen LogP contribution is 2.14. The number of hydrogen-bond acceptors (Lipinski definition) is 23. The van der Waals surface area contributed by atoms with Crippen molar-refractivity contribution in [2.24, 2.45) is 74.3 Å². The van der Waals surface area contributed by atoms with E-state index in [9.17, 15) is 96.2 Å². The summed E-state index contributed by atoms with van der Waals surface area (Å²) >= 11 is 0. The second kappa shape index (κ2) is 50.1. The number of carbonyl (C=O) groups excluding carboxylic acids is 19. The van der Waals surface area contributed by atoms with Gasteiger partial charge in [0, 0.05) is 19.4 Å². The number of aliphatic hydroxyl groups is 1. The van der Waals surface area contributed by atoms with Crippen LogP contribution < -0.4 is 126 Å². The van der Waals surface area contributed by atoms with E-state index in [1.54, 1.807) is 37.3 Å². The number of nitrogens with one attached hydrogen (secondary N) is 14. The summed E-state index contributed by atoms with van der Waals surface area (Å²) in [6, 6.07) is -11.8. The quantitative estimate of drug-likeness (QED) is 0.0164. The van der Waals surface area contributed by atoms with Crippen LogP contribution in [0.5, 0.6) is 0 Å². The number of rotatable bonds is 53. The van der Waals surface area contributed by atoms with Crippen LogP contribution in [0.1, 0.15) is 132 Å². The molecule has 44 heteroatoms. The fraction of sp³-hybridized carbons (Fsp3) is 0.612. The molecule has 0 aliphatic carbocycles. The molecule has 0 bridgehead atoms. The lowest BCUT2D eigenvalue weighted by Crippen LogP contribution is -2.62. The minimum Gasteiger partial charge on any atom is -0.394 e. The number of carbonyl (C=O) groups is 19. The van der Waals surface area contributed by atoms with Crippen molar-refractivity contribution < 1.29 is 96.2 Å². The van der Waals surface area contributed by atoms with Crippen LogP contribution in [0.15, 0.2) is 35.3 Å². The summed E-state index contributed by atoms with van der Waals surface area (Å²) in [7, 11) is 0. The zero-order chi connectivity index (χ0) is 84.5. The molecule has 0 saturated heterocycles. The predicted octanol–water partition coefficient (Wildman–Crippen LogP) is -11.4. The number of guanidine groups is 1. The van der Waals surface area contributed by atoms with Crippen molar-refractivity contribution in [3.05, 3.63) is 35.9 Å². The number of unbranched alkanes of at least 4 members (excludes halogenated alkanes) is 1. The second-order valence-corrected chi connectivity index (χ2v) is 26.9. The Bertz CT molecular complexity index is 3450. The number of primary amides is 5. The maximum atomic E-state index is 14.2. The average molecular weight is 1570 g/mol. The van der Waals surface area contributed by atoms with Gasteiger partial charge in [-0.1, -0.05) is 84.7 Å². The molecule has 0 saturated carbocycles. The van der Waals surface area contributed by atoms with Crippen molar-refractivity contribution in [1.29, 1.82) is 0 Å². The lowest BCUT2D eigenvalue weighted by atomic mass is 9.96. The van der Waals surface area contributed by atoms with E-state index in [0.717, 1.165) is 0 Å². The Labute approximate surface area is 640 Å². The Balaban J connectivity index is 3.25. The van der Waals surface area contributed by atoms with Crippen molar-refractivity contribution in [1.82, 2.24) is 74.4 Å². The maximum absolute atomic E-state index is 14.2. The van der Waals surface area contributed by atoms with Crippen molar-refractivity contribution in [3.63, 3.8) is 0 Å². The molecular weight excluding hydrogens is 1460 g/mol. The van der Waals surface area contributed by atoms with Crippen LogP contribution in [-0.2, 0) is 97.5 Å². The van der Waals surface area contributed by atoms with Gasteiger partial charge in [0.25, 0.3) is 0 Å². The van der Waals surface area contributed by atoms with Crippen molar-refractivity contribution in [2.75, 3.05) is 32.8 Å². The van der Waals surface area contributed by atoms with E-state index in [-0.39, 0.29) is 57.5 Å². The number of amides is 19. The highest BCUT2D eigenvalue weighted by molar-refractivity contribution is 6.02. The zero-order valence-electron chi connectivity index (χ0n) is 63.5. The van der Waals surface area contributed by atoms with Gasteiger partial charge in [0.05, 0.1) is 45.0 Å². The van der Waals surface area contributed by atoms with E-state index >= 15 is 0 Å². The molecule has 14 atom stereocenters. The summed E-state index contributed by atoms with van der Waals surface area (Å²) in [5, 5.41) is 43.1. The molecule has 0 radical (unpaired) electrons. The van der Waals surface area contributed by atoms with Crippen LogP contribution in [0.3, 0.4) is 0 Å². The van der Waals surface area contributed by atoms with Crippen molar-refractivity contribution >= 4 is 118 Å². The molecule has 0 heterocycles. The fourth-order valence-electron chi connectivity index (χ4n) is 10.2. The first-order valence-electron chi connectivity index (χ1n) is 35.7. The Morgan fingerprint density at radius 2 is 0.829 bits per heavy atom. The van der Waals surface area contributed by atoms with Gasteiger partial charge in [-0.3, -0.25) is 96.1 Å². The van der Waals surface area contributed by atoms with Crippen LogP contribution in [0.2, 0.25) is 0 Å². The molecular formula is C67H112N24O20. The van der Waals surface area contributed by atoms with Gasteiger partial charge in [-0.25, -0.2) is 0 Å². The first kappa shape index (κ1) is 97.3. The summed E-state index contributed by atoms with van der Waals surface area (Å²) < 4.78 is 0. The molecule has 1 rings (SSSR count). The standard InChI is InChI=1S/C67H112N24O20/c1-9-33(6)53(91-62(107)43(27-48(73)96)86-64(109)51(31(2)3)89-50(98)29-78-49(97)28-79-55(100)34(7)80-56(101)35(8)81-58(103)39(20-21-45(70)93)83-57(102)37(69)18-13-14-22-68)66(111)87-42(26-47(72)95)60(105)84-41(25-46(71)94)61(106)88-44(30-92)63(108)90-52(32(4)5)65(110)85-40(24-36-16-11-10-12-17-36)59(104)82-38(54(74)99)19-15-23-77-67(75)76/h10-12,16-17,31-35,37-44,51-53,92H,9,13-15,18-30,68-69H2,1-8H3,(H2,70,93)(H2,71,94)(H2,72,95)(H2,73,96)(H2,74,99)(H,78,97)(H,79,100)(H,80,101)(H,81,103)(H,82,104)(H,83,102)(H,84,105)(H,85,110)(H,86,109)(H,87,111)(H,88,106)(H,89,98)(H,90,108)(H,91,107)(H4,75,76,77)/t33-,34-,35-,37-,38-,39-,40-,41-,42-,43-,44-,51-,52-,53-/m0/s1. The molecule has 0 aliphatic rings. The molecule has 0 unspecified atom stereocenters. The third-order valence-electron chi connectivity index (χ3n) is 16.7. The summed E-state index contributed by atoms with van der Waals surface area (Å²) in [5.74, 6) is -22.5. The second-order valence-electron chi connectivity index (χ2n) is 26.9. The highest BCUT2D eigenvalue weighted by Gasteiger charge is 2.39. The Kier molecular flexibility index (Phi) is 43.9. The Morgan fingerprint density at radius 3 is 1.32 bits per heavy atom. The maximum Gasteiger partial charge on any atom is 0.245 e. The summed E-state index contributed by atoms with van der Waals surface area (Å²) in [6.07, 6.45) is -1.93. The summed E-state index contributed by atoms with van der Waals surface area (Å²) in [6.45, 7) is 9.22. The largest absolute Gasteiger partial charge is 0.394 e. The van der Waals surface area contributed by atoms with Crippen LogP contribution in [0.25, 0.3) is 0 Å². The van der Waals surface area contributed by atoms with E-state index in [0.29, 0.717) is 24.9 Å². The number of aliphatic hydroxyl groups excluding tert-OH is 1. The molecule has 33 N–H and O–H groups in total. The van der Waals surface area contributed by atoms with E-state index in [4.69, 9.17) is 51.6 Å². The fourth-order valence-corrected chi connectivity index (χ4v) is 10.2. The summed E-state index contributed by atoms with van der Waals surface area (Å²) in [5.41, 5.74) is 49.9. The van der Waals surface area contributed by atoms with E-state index < -0.39 is 247 Å². The lowest BCUT2D eigenvalue weighted by molar-refractivity contribution is -0.138. The third kappa shape index (κ3) is 37.8. The number of nitrogens with zero attached hydrogens (tertiary/aromatic N) is 1. The third-order valence-corrected chi connectivity index (χ3v) is 16.7. The predicted molar refractivity (Wildman–Crippen MR) is 397 cm³/mol. The first-order chi connectivity index (χ1) is 52.0. The monoisotopic (exact) mass is 1570 g/mol. The van der Waals surface area contributed by atoms with Crippen LogP contribution in [0.4, 0.5) is 0 Å². The minimum absolute atomic E-state index is 0.00458. The van der Waals surface area contributed by atoms with Gasteiger partial charge in [0.1, 0.15) is 72.5 Å². The number of hydrogen-bond donors (Lipinski definition) is 24. The van der Waals surface area contributed by atoms with Gasteiger partial charge >= 0.3 is 0 Å². The number of aliphatic imine (C=N–C) groups is 1. The molecule has 1 aromatic carbocycles. The van der Waals surface area contributed by atoms with E-state index in [1.165, 1.54) is 48.5 Å². The van der Waals surface area contributed by atoms with E-state index in [1.807, 2.05) is 0 Å². The van der Waals surface area contributed by atoms with Gasteiger partial charge in [0.15, 0.2) is 5.96 Å². The van der Waals surface area contributed by atoms with Gasteiger partial charge in [-0.2, -0.15) is 0 Å². The molecule has 0 spiro atoms. The van der Waals surface area contributed by atoms with Crippen LogP contribution in [0, 0.1) is 17.8 Å². The van der Waals surface area contributed by atoms with Gasteiger partial charge in [-0.15, -0.1) is 0 Å². The minimum atomic E-state index is -2.04. The zero-order valence-corrected chi connectivity index (χ0v) is 63.5. The lowest BCUT2D eigenvalue weighted by Gasteiger charge is -2.29. The van der Waals surface area contributed by atoms with Crippen LogP contribution in [-0.4, -0.2) is 235 Å². The Morgan fingerprint density at radius 1 is 0.405 bits per heavy atom. The number of nitrogens with two attached hydrogens (primary N) is 9. The Hall–Kier alpha value is -11.7. The first-order valence-corrected chi connectivity index (χ1v) is 35.7. The molecule has 0 fully saturated rings. The van der Waals surface area contributed by atoms with Gasteiger partial charge in [0.2, 0.25) is 112 Å². The topological polar surface area (TPSA) is 760 Å². The molecule has 0 aliphatic heterocycles. The molecule has 111 heavy (non-hydrogen) atoms. The molecule has 620 valence electrons. The summed E-state index contributed by atoms with van der Waals surface area (Å²) in [4.78, 5) is 255.